The quantitative estimate of drug-likeness (QED) is 0.321. The predicted molar refractivity (Wildman–Crippen MR) is 182 cm³/mol. The minimum Gasteiger partial charge on any atom is -0.490 e. The molecular formula is C36H46FN3O7S. The van der Waals surface area contributed by atoms with Crippen LogP contribution in [0.5, 0.6) is 5.75 Å². The first-order valence-electron chi connectivity index (χ1n) is 16.3. The lowest BCUT2D eigenvalue weighted by Crippen LogP contribution is -2.48. The number of likely N-dealkylation sites (N-methyl/N-ethyl adjacent to an activating group) is 1. The van der Waals surface area contributed by atoms with Crippen LogP contribution < -0.4 is 9.46 Å². The van der Waals surface area contributed by atoms with Crippen LogP contribution in [-0.4, -0.2) is 86.7 Å². The fourth-order valence-electron chi connectivity index (χ4n) is 5.55. The molecule has 48 heavy (non-hydrogen) atoms. The number of nitrogens with zero attached hydrogens (tertiary/aromatic N) is 2. The Hall–Kier alpha value is -4.00. The van der Waals surface area contributed by atoms with Gasteiger partial charge < -0.3 is 24.4 Å². The van der Waals surface area contributed by atoms with Gasteiger partial charge in [-0.3, -0.25) is 14.3 Å². The van der Waals surface area contributed by atoms with Crippen molar-refractivity contribution in [2.75, 3.05) is 38.1 Å². The predicted octanol–water partition coefficient (Wildman–Crippen LogP) is 5.12. The summed E-state index contributed by atoms with van der Waals surface area (Å²) in [4.78, 5) is 30.5. The lowest BCUT2D eigenvalue weighted by molar-refractivity contribution is -0.131. The van der Waals surface area contributed by atoms with Gasteiger partial charge in [-0.2, -0.15) is 0 Å². The molecule has 1 aliphatic heterocycles. The summed E-state index contributed by atoms with van der Waals surface area (Å²) in [5.74, 6) is -1.04. The third kappa shape index (κ3) is 10.0. The number of anilines is 1. The Bertz CT molecular complexity index is 1620. The Morgan fingerprint density at radius 3 is 2.48 bits per heavy atom. The number of aliphatic hydroxyl groups excluding tert-OH is 1. The van der Waals surface area contributed by atoms with Gasteiger partial charge in [0.25, 0.3) is 15.9 Å². The van der Waals surface area contributed by atoms with Crippen LogP contribution in [0, 0.1) is 11.7 Å². The number of carbonyl (C=O) groups excluding carboxylic acids is 2. The SMILES string of the molecule is C[C@H]1CCCCO[C@H](CN(C)C(=O)Cc2ccccc2)[C@@H](C)CN([C@@H](C)CO)C(=O)c2cc(NS(=O)(=O)c3ccc(F)cc3)ccc2O1. The van der Waals surface area contributed by atoms with Crippen LogP contribution in [0.25, 0.3) is 0 Å². The largest absolute Gasteiger partial charge is 0.490 e. The second-order valence-electron chi connectivity index (χ2n) is 12.5. The Kier molecular flexibility index (Phi) is 13.0. The van der Waals surface area contributed by atoms with E-state index in [0.717, 1.165) is 42.7 Å². The summed E-state index contributed by atoms with van der Waals surface area (Å²) in [5, 5.41) is 10.2. The van der Waals surface area contributed by atoms with Crippen molar-refractivity contribution in [2.45, 2.75) is 69.6 Å². The third-order valence-electron chi connectivity index (χ3n) is 8.51. The van der Waals surface area contributed by atoms with E-state index >= 15 is 0 Å². The van der Waals surface area contributed by atoms with Crippen molar-refractivity contribution >= 4 is 27.5 Å². The molecule has 0 aliphatic carbocycles. The molecule has 0 saturated heterocycles. The number of benzene rings is 3. The summed E-state index contributed by atoms with van der Waals surface area (Å²) in [6.07, 6.45) is 1.85. The number of nitrogens with one attached hydrogen (secondary N) is 1. The van der Waals surface area contributed by atoms with E-state index in [2.05, 4.69) is 4.72 Å². The highest BCUT2D eigenvalue weighted by atomic mass is 32.2. The smallest absolute Gasteiger partial charge is 0.261 e. The van der Waals surface area contributed by atoms with Crippen molar-refractivity contribution in [3.8, 4) is 5.75 Å². The number of hydrogen-bond donors (Lipinski definition) is 2. The lowest BCUT2D eigenvalue weighted by atomic mass is 10.0. The zero-order chi connectivity index (χ0) is 34.8. The van der Waals surface area contributed by atoms with Crippen LogP contribution in [0.1, 0.15) is 56.0 Å². The maximum atomic E-state index is 14.3. The molecule has 4 atom stereocenters. The molecule has 12 heteroatoms. The van der Waals surface area contributed by atoms with Gasteiger partial charge in [-0.15, -0.1) is 0 Å². The normalized spacial score (nSPS) is 20.2. The molecule has 0 unspecified atom stereocenters. The molecule has 1 heterocycles. The van der Waals surface area contributed by atoms with Gasteiger partial charge in [0.1, 0.15) is 11.6 Å². The standard InChI is InChI=1S/C36H46FN3O7S/c1-25-22-40(26(2)24-41)36(43)32-21-30(38-48(44,45)31-16-13-29(37)14-17-31)15-18-33(32)47-27(3)10-8-9-19-46-34(25)23-39(4)35(42)20-28-11-6-5-7-12-28/h5-7,11-18,21,25-27,34,38,41H,8-10,19-20,22-24H2,1-4H3/t25-,26-,27-,34+/m0/s1. The molecule has 3 aromatic carbocycles. The first-order valence-corrected chi connectivity index (χ1v) is 17.8. The van der Waals surface area contributed by atoms with Crippen LogP contribution in [-0.2, 0) is 26.0 Å². The van der Waals surface area contributed by atoms with Gasteiger partial charge in [0.2, 0.25) is 5.91 Å². The highest BCUT2D eigenvalue weighted by Crippen LogP contribution is 2.29. The first kappa shape index (κ1) is 36.8. The molecule has 0 spiro atoms. The second kappa shape index (κ2) is 16.9. The number of halogens is 1. The molecule has 0 fully saturated rings. The van der Waals surface area contributed by atoms with Crippen LogP contribution in [0.3, 0.4) is 0 Å². The van der Waals surface area contributed by atoms with Crippen molar-refractivity contribution in [2.24, 2.45) is 5.92 Å². The summed E-state index contributed by atoms with van der Waals surface area (Å²) in [7, 11) is -2.35. The fraction of sp³-hybridized carbons (Fsp3) is 0.444. The average Bonchev–Trinajstić information content (AvgIpc) is 3.06. The maximum absolute atomic E-state index is 14.3. The Morgan fingerprint density at radius 2 is 1.79 bits per heavy atom. The van der Waals surface area contributed by atoms with Crippen LogP contribution >= 0.6 is 0 Å². The highest BCUT2D eigenvalue weighted by molar-refractivity contribution is 7.92. The number of carbonyl (C=O) groups is 2. The number of amides is 2. The van der Waals surface area contributed by atoms with Gasteiger partial charge in [0, 0.05) is 38.3 Å². The summed E-state index contributed by atoms with van der Waals surface area (Å²) in [6, 6.07) is 17.8. The van der Waals surface area contributed by atoms with E-state index in [0.29, 0.717) is 19.6 Å². The minimum absolute atomic E-state index is 0.0522. The van der Waals surface area contributed by atoms with Crippen LogP contribution in [0.2, 0.25) is 0 Å². The van der Waals surface area contributed by atoms with E-state index in [1.807, 2.05) is 44.2 Å². The Balaban J connectivity index is 1.63. The minimum atomic E-state index is -4.09. The Labute approximate surface area is 282 Å². The fourth-order valence-corrected chi connectivity index (χ4v) is 6.60. The van der Waals surface area contributed by atoms with Crippen molar-refractivity contribution in [1.82, 2.24) is 9.80 Å². The Morgan fingerprint density at radius 1 is 1.08 bits per heavy atom. The monoisotopic (exact) mass is 683 g/mol. The number of sulfonamides is 1. The zero-order valence-corrected chi connectivity index (χ0v) is 28.8. The van der Waals surface area contributed by atoms with E-state index < -0.39 is 33.9 Å². The highest BCUT2D eigenvalue weighted by Gasteiger charge is 2.31. The number of aliphatic hydroxyl groups is 1. The van der Waals surface area contributed by atoms with Crippen molar-refractivity contribution in [3.05, 3.63) is 89.7 Å². The molecule has 1 aliphatic rings. The molecule has 0 aromatic heterocycles. The topological polar surface area (TPSA) is 125 Å². The molecule has 2 N–H and O–H groups in total. The van der Waals surface area contributed by atoms with Gasteiger partial charge in [-0.25, -0.2) is 12.8 Å². The van der Waals surface area contributed by atoms with Crippen molar-refractivity contribution in [3.63, 3.8) is 0 Å². The first-order chi connectivity index (χ1) is 22.9. The van der Waals surface area contributed by atoms with Crippen LogP contribution in [0.15, 0.2) is 77.7 Å². The molecule has 3 aromatic rings. The number of hydrogen-bond acceptors (Lipinski definition) is 7. The van der Waals surface area contributed by atoms with Gasteiger partial charge in [-0.05, 0) is 81.1 Å². The maximum Gasteiger partial charge on any atom is 0.261 e. The molecular weight excluding hydrogens is 637 g/mol. The van der Waals surface area contributed by atoms with E-state index in [9.17, 15) is 27.5 Å². The molecule has 0 bridgehead atoms. The van der Waals surface area contributed by atoms with Gasteiger partial charge in [0.05, 0.1) is 41.7 Å². The number of rotatable bonds is 9. The number of fused-ring (bicyclic) bond motifs is 1. The van der Waals surface area contributed by atoms with Gasteiger partial charge in [0.15, 0.2) is 0 Å². The van der Waals surface area contributed by atoms with E-state index in [1.54, 1.807) is 24.9 Å². The summed E-state index contributed by atoms with van der Waals surface area (Å²) < 4.78 is 54.7. The van der Waals surface area contributed by atoms with Gasteiger partial charge in [-0.1, -0.05) is 37.3 Å². The van der Waals surface area contributed by atoms with Gasteiger partial charge >= 0.3 is 0 Å². The lowest BCUT2D eigenvalue weighted by Gasteiger charge is -2.36. The van der Waals surface area contributed by atoms with Crippen LogP contribution in [0.4, 0.5) is 10.1 Å². The number of ether oxygens (including phenoxy) is 2. The summed E-state index contributed by atoms with van der Waals surface area (Å²) >= 11 is 0. The van der Waals surface area contributed by atoms with Crippen molar-refractivity contribution in [1.29, 1.82) is 0 Å². The van der Waals surface area contributed by atoms with E-state index in [-0.39, 0.29) is 59.4 Å². The summed E-state index contributed by atoms with van der Waals surface area (Å²) in [5.41, 5.74) is 1.16. The molecule has 260 valence electrons. The zero-order valence-electron chi connectivity index (χ0n) is 28.0. The molecule has 0 radical (unpaired) electrons. The van der Waals surface area contributed by atoms with E-state index in [4.69, 9.17) is 9.47 Å². The molecule has 2 amide bonds. The molecule has 0 saturated carbocycles. The van der Waals surface area contributed by atoms with E-state index in [1.165, 1.54) is 17.0 Å². The second-order valence-corrected chi connectivity index (χ2v) is 14.2. The molecule has 4 rings (SSSR count). The summed E-state index contributed by atoms with van der Waals surface area (Å²) in [6.45, 7) is 6.23. The third-order valence-corrected chi connectivity index (χ3v) is 9.90. The van der Waals surface area contributed by atoms with Crippen molar-refractivity contribution < 1.29 is 37.0 Å². The molecule has 10 nitrogen and oxygen atoms in total. The average molecular weight is 684 g/mol.